The van der Waals surface area contributed by atoms with Gasteiger partial charge in [-0.3, -0.25) is 0 Å². The van der Waals surface area contributed by atoms with E-state index in [1.54, 1.807) is 6.20 Å². The number of aromatic nitrogens is 2. The summed E-state index contributed by atoms with van der Waals surface area (Å²) in [7, 11) is 1.95. The summed E-state index contributed by atoms with van der Waals surface area (Å²) in [6.07, 6.45) is 3.66. The minimum atomic E-state index is -0.203. The van der Waals surface area contributed by atoms with Crippen LogP contribution in [0.4, 0.5) is 0 Å². The molecule has 2 aromatic heterocycles. The average Bonchev–Trinajstić information content (AvgIpc) is 3.05. The Bertz CT molecular complexity index is 794. The molecular weight excluding hydrogens is 351 g/mol. The Hall–Kier alpha value is -1.49. The minimum absolute atomic E-state index is 0.00363. The summed E-state index contributed by atoms with van der Waals surface area (Å²) in [6.45, 7) is 2.23. The van der Waals surface area contributed by atoms with E-state index in [4.69, 9.17) is 4.74 Å². The number of hydrogen-bond acceptors (Lipinski definition) is 4. The van der Waals surface area contributed by atoms with E-state index in [0.29, 0.717) is 6.61 Å². The molecule has 0 N–H and O–H groups in total. The van der Waals surface area contributed by atoms with Crippen LogP contribution in [0, 0.1) is 0 Å². The van der Waals surface area contributed by atoms with Crippen LogP contribution in [0.5, 0.6) is 0 Å². The fourth-order valence-corrected chi connectivity index (χ4v) is 5.67. The molecule has 0 unspecified atom stereocenters. The Labute approximate surface area is 132 Å². The van der Waals surface area contributed by atoms with Crippen LogP contribution in [0.1, 0.15) is 16.2 Å². The van der Waals surface area contributed by atoms with Gasteiger partial charge in [-0.15, -0.1) is 0 Å². The van der Waals surface area contributed by atoms with Gasteiger partial charge in [-0.2, -0.15) is 0 Å². The second kappa shape index (κ2) is 6.10. The number of carbonyl (C=O) groups is 1. The van der Waals surface area contributed by atoms with Crippen molar-refractivity contribution < 1.29 is 9.53 Å². The Balaban J connectivity index is 2.11. The third-order valence-corrected chi connectivity index (χ3v) is 6.89. The number of hydrogen-bond donors (Lipinski definition) is 0. The SMILES string of the molecule is CCOC(=O)c1[se]c2ccccc2c1Sc1nccn1C. The molecule has 0 aliphatic carbocycles. The molecule has 2 heterocycles. The normalized spacial score (nSPS) is 11.0. The second-order valence-electron chi connectivity index (χ2n) is 4.40. The van der Waals surface area contributed by atoms with E-state index in [-0.39, 0.29) is 20.5 Å². The summed E-state index contributed by atoms with van der Waals surface area (Å²) in [5, 5.41) is 2.01. The number of benzene rings is 1. The number of carbonyl (C=O) groups excluding carboxylic acids is 1. The fraction of sp³-hybridized carbons (Fsp3) is 0.200. The third-order valence-electron chi connectivity index (χ3n) is 2.98. The van der Waals surface area contributed by atoms with E-state index in [1.807, 2.05) is 36.9 Å². The molecule has 0 fully saturated rings. The summed E-state index contributed by atoms with van der Waals surface area (Å²) in [4.78, 5) is 17.6. The number of nitrogens with zero attached hydrogens (tertiary/aromatic N) is 2. The summed E-state index contributed by atoms with van der Waals surface area (Å²) >= 11 is 1.53. The zero-order valence-electron chi connectivity index (χ0n) is 11.7. The quantitative estimate of drug-likeness (QED) is 0.527. The molecule has 0 spiro atoms. The van der Waals surface area contributed by atoms with E-state index in [0.717, 1.165) is 19.9 Å². The van der Waals surface area contributed by atoms with Gasteiger partial charge in [0.1, 0.15) is 0 Å². The summed E-state index contributed by atoms with van der Waals surface area (Å²) in [5.74, 6) is -0.203. The Kier molecular flexibility index (Phi) is 4.19. The predicted molar refractivity (Wildman–Crippen MR) is 84.2 cm³/mol. The van der Waals surface area contributed by atoms with Crippen LogP contribution in [0.2, 0.25) is 0 Å². The molecule has 4 nitrogen and oxygen atoms in total. The molecule has 0 aliphatic rings. The number of aryl methyl sites for hydroxylation is 1. The van der Waals surface area contributed by atoms with Crippen molar-refractivity contribution in [2.24, 2.45) is 7.05 Å². The van der Waals surface area contributed by atoms with Gasteiger partial charge in [0.2, 0.25) is 0 Å². The van der Waals surface area contributed by atoms with Crippen LogP contribution < -0.4 is 0 Å². The van der Waals surface area contributed by atoms with E-state index in [9.17, 15) is 4.79 Å². The molecule has 0 amide bonds. The van der Waals surface area contributed by atoms with Crippen molar-refractivity contribution in [1.29, 1.82) is 0 Å². The molecule has 0 aliphatic heterocycles. The van der Waals surface area contributed by atoms with Crippen molar-refractivity contribution >= 4 is 41.9 Å². The first-order valence-corrected chi connectivity index (χ1v) is 9.07. The Morgan fingerprint density at radius 1 is 1.43 bits per heavy atom. The van der Waals surface area contributed by atoms with Gasteiger partial charge in [0.05, 0.1) is 0 Å². The summed E-state index contributed by atoms with van der Waals surface area (Å²) < 4.78 is 9.18. The third kappa shape index (κ3) is 2.79. The van der Waals surface area contributed by atoms with Crippen molar-refractivity contribution in [2.45, 2.75) is 17.0 Å². The van der Waals surface area contributed by atoms with Gasteiger partial charge in [-0.25, -0.2) is 0 Å². The number of esters is 1. The molecule has 0 saturated heterocycles. The van der Waals surface area contributed by atoms with Crippen LogP contribution in [-0.4, -0.2) is 36.6 Å². The van der Waals surface area contributed by atoms with E-state index in [2.05, 4.69) is 17.1 Å². The first kappa shape index (κ1) is 14.4. The predicted octanol–water partition coefficient (Wildman–Crippen LogP) is 2.96. The first-order chi connectivity index (χ1) is 10.2. The molecule has 0 radical (unpaired) electrons. The van der Waals surface area contributed by atoms with E-state index in [1.165, 1.54) is 16.0 Å². The molecule has 0 bridgehead atoms. The van der Waals surface area contributed by atoms with Crippen LogP contribution in [0.3, 0.4) is 0 Å². The second-order valence-corrected chi connectivity index (χ2v) is 7.58. The molecule has 6 heteroatoms. The van der Waals surface area contributed by atoms with Crippen LogP contribution >= 0.6 is 11.8 Å². The number of ether oxygens (including phenoxy) is 1. The van der Waals surface area contributed by atoms with Gasteiger partial charge in [0.25, 0.3) is 0 Å². The van der Waals surface area contributed by atoms with Gasteiger partial charge >= 0.3 is 133 Å². The Morgan fingerprint density at radius 3 is 2.95 bits per heavy atom. The first-order valence-electron chi connectivity index (χ1n) is 6.54. The number of fused-ring (bicyclic) bond motifs is 1. The van der Waals surface area contributed by atoms with Crippen molar-refractivity contribution in [3.8, 4) is 0 Å². The number of rotatable bonds is 4. The summed E-state index contributed by atoms with van der Waals surface area (Å²) in [6, 6.07) is 8.16. The molecule has 1 aromatic carbocycles. The maximum absolute atomic E-state index is 12.2. The topological polar surface area (TPSA) is 44.1 Å². The van der Waals surface area contributed by atoms with Crippen LogP contribution in [-0.2, 0) is 11.8 Å². The standard InChI is InChI=1S/C15H14N2O2SSe/c1-3-19-14(18)13-12(20-15-16-8-9-17(15)2)10-6-4-5-7-11(10)21-13/h4-9H,3H2,1-2H3. The van der Waals surface area contributed by atoms with Gasteiger partial charge in [-0.1, -0.05) is 0 Å². The molecule has 0 saturated carbocycles. The van der Waals surface area contributed by atoms with E-state index < -0.39 is 0 Å². The van der Waals surface area contributed by atoms with Crippen LogP contribution in [0.25, 0.3) is 9.65 Å². The molecule has 3 rings (SSSR count). The Morgan fingerprint density at radius 2 is 2.24 bits per heavy atom. The van der Waals surface area contributed by atoms with Crippen molar-refractivity contribution in [3.05, 3.63) is 41.1 Å². The average molecular weight is 365 g/mol. The monoisotopic (exact) mass is 366 g/mol. The molecule has 3 aromatic rings. The molecule has 21 heavy (non-hydrogen) atoms. The fourth-order valence-electron chi connectivity index (χ4n) is 2.00. The summed E-state index contributed by atoms with van der Waals surface area (Å²) in [5.41, 5.74) is 0. The van der Waals surface area contributed by atoms with Crippen LogP contribution in [0.15, 0.2) is 46.7 Å². The van der Waals surface area contributed by atoms with Crippen molar-refractivity contribution in [3.63, 3.8) is 0 Å². The zero-order chi connectivity index (χ0) is 14.8. The van der Waals surface area contributed by atoms with Crippen molar-refractivity contribution in [2.75, 3.05) is 6.61 Å². The molecule has 0 atom stereocenters. The van der Waals surface area contributed by atoms with Crippen molar-refractivity contribution in [1.82, 2.24) is 9.55 Å². The number of imidazole rings is 1. The van der Waals surface area contributed by atoms with Gasteiger partial charge in [-0.05, 0) is 0 Å². The van der Waals surface area contributed by atoms with Gasteiger partial charge in [0, 0.05) is 0 Å². The molecule has 108 valence electrons. The van der Waals surface area contributed by atoms with Gasteiger partial charge < -0.3 is 0 Å². The van der Waals surface area contributed by atoms with E-state index >= 15 is 0 Å². The molecular formula is C15H14N2O2SSe. The van der Waals surface area contributed by atoms with Gasteiger partial charge in [0.15, 0.2) is 0 Å². The zero-order valence-corrected chi connectivity index (χ0v) is 14.2. The maximum atomic E-state index is 12.2.